The van der Waals surface area contributed by atoms with Crippen molar-refractivity contribution in [2.45, 2.75) is 110 Å². The van der Waals surface area contributed by atoms with Crippen LogP contribution in [-0.2, 0) is 9.59 Å². The number of rotatable bonds is 18. The van der Waals surface area contributed by atoms with Crippen molar-refractivity contribution in [1.29, 1.82) is 0 Å². The van der Waals surface area contributed by atoms with Crippen molar-refractivity contribution < 1.29 is 14.7 Å². The molecule has 1 N–H and O–H groups in total. The second kappa shape index (κ2) is 21.2. The molecule has 0 rings (SSSR count). The molecule has 0 aliphatic heterocycles. The first-order chi connectivity index (χ1) is 12.1. The number of carbonyl (C=O) groups excluding carboxylic acids is 1. The third-order valence-corrected chi connectivity index (χ3v) is 4.79. The fourth-order valence-corrected chi connectivity index (χ4v) is 3.13. The van der Waals surface area contributed by atoms with Gasteiger partial charge in [-0.2, -0.15) is 0 Å². The van der Waals surface area contributed by atoms with Crippen LogP contribution in [0.5, 0.6) is 0 Å². The van der Waals surface area contributed by atoms with Gasteiger partial charge in [-0.05, 0) is 6.42 Å². The molecule has 0 aromatic rings. The quantitative estimate of drug-likeness (QED) is 0.256. The van der Waals surface area contributed by atoms with Gasteiger partial charge >= 0.3 is 5.97 Å². The summed E-state index contributed by atoms with van der Waals surface area (Å²) in [7, 11) is 1.56. The van der Waals surface area contributed by atoms with Crippen LogP contribution in [0.15, 0.2) is 0 Å². The number of nitrogens with zero attached hydrogens (tertiary/aromatic N) is 1. The van der Waals surface area contributed by atoms with E-state index in [0.29, 0.717) is 6.42 Å². The molecular weight excluding hydrogens is 337 g/mol. The molecule has 0 aliphatic carbocycles. The molecule has 0 bridgehead atoms. The summed E-state index contributed by atoms with van der Waals surface area (Å²) < 4.78 is 0. The topological polar surface area (TPSA) is 57.6 Å². The van der Waals surface area contributed by atoms with E-state index in [1.54, 1.807) is 7.05 Å². The molecule has 0 aromatic heterocycles. The van der Waals surface area contributed by atoms with Crippen molar-refractivity contribution in [1.82, 2.24) is 4.90 Å². The predicted molar refractivity (Wildman–Crippen MR) is 111 cm³/mol. The minimum Gasteiger partial charge on any atom is -0.480 e. The van der Waals surface area contributed by atoms with E-state index in [4.69, 9.17) is 5.11 Å². The number of carboxylic acids is 1. The van der Waals surface area contributed by atoms with E-state index in [1.807, 2.05) is 0 Å². The van der Waals surface area contributed by atoms with Gasteiger partial charge in [-0.3, -0.25) is 9.59 Å². The number of carboxylic acid groups (broad SMARTS) is 1. The van der Waals surface area contributed by atoms with E-state index in [9.17, 15) is 9.59 Å². The fourth-order valence-electron chi connectivity index (χ4n) is 3.13. The van der Waals surface area contributed by atoms with E-state index < -0.39 is 5.97 Å². The predicted octanol–water partition coefficient (Wildman–Crippen LogP) is 5.41. The number of likely N-dealkylation sites (N-methyl/N-ethyl adjacent to an activating group) is 1. The standard InChI is InChI=1S/C21H41NO3.Na/c1-3-4-5-6-7-8-9-10-11-12-13-14-15-16-17-18-20(23)22(2)19-21(24)25;/h3-19H2,1-2H3,(H,24,25);. The summed E-state index contributed by atoms with van der Waals surface area (Å²) in [4.78, 5) is 23.5. The van der Waals surface area contributed by atoms with Crippen LogP contribution >= 0.6 is 0 Å². The van der Waals surface area contributed by atoms with Crippen LogP contribution in [-0.4, -0.2) is 65.0 Å². The molecular formula is C21H41NNaO3. The van der Waals surface area contributed by atoms with Crippen LogP contribution in [0, 0.1) is 0 Å². The zero-order valence-electron chi connectivity index (χ0n) is 17.7. The van der Waals surface area contributed by atoms with Gasteiger partial charge in [0.2, 0.25) is 5.91 Å². The summed E-state index contributed by atoms with van der Waals surface area (Å²) >= 11 is 0. The van der Waals surface area contributed by atoms with Gasteiger partial charge in [0, 0.05) is 43.0 Å². The van der Waals surface area contributed by atoms with Crippen molar-refractivity contribution in [3.05, 3.63) is 0 Å². The van der Waals surface area contributed by atoms with E-state index in [2.05, 4.69) is 6.92 Å². The molecule has 0 spiro atoms. The first-order valence-electron chi connectivity index (χ1n) is 10.5. The van der Waals surface area contributed by atoms with Gasteiger partial charge in [0.05, 0.1) is 0 Å². The van der Waals surface area contributed by atoms with E-state index >= 15 is 0 Å². The van der Waals surface area contributed by atoms with Crippen LogP contribution in [0.25, 0.3) is 0 Å². The SMILES string of the molecule is CCCCCCCCCCCCCCCCCC(=O)N(C)CC(=O)O.[Na]. The average molecular weight is 379 g/mol. The summed E-state index contributed by atoms with van der Waals surface area (Å²) in [5.41, 5.74) is 0. The molecule has 1 amide bonds. The zero-order valence-corrected chi connectivity index (χ0v) is 19.7. The molecule has 26 heavy (non-hydrogen) atoms. The molecule has 0 unspecified atom stereocenters. The Hall–Kier alpha value is -0.0600. The Morgan fingerprint density at radius 2 is 1.04 bits per heavy atom. The molecule has 0 heterocycles. The van der Waals surface area contributed by atoms with Crippen molar-refractivity contribution in [3.8, 4) is 0 Å². The fraction of sp³-hybridized carbons (Fsp3) is 0.905. The summed E-state index contributed by atoms with van der Waals surface area (Å²) in [6, 6.07) is 0. The van der Waals surface area contributed by atoms with Crippen LogP contribution < -0.4 is 0 Å². The van der Waals surface area contributed by atoms with Crippen LogP contribution in [0.3, 0.4) is 0 Å². The number of hydrogen-bond donors (Lipinski definition) is 1. The van der Waals surface area contributed by atoms with Crippen molar-refractivity contribution >= 4 is 41.4 Å². The Morgan fingerprint density at radius 1 is 0.692 bits per heavy atom. The maximum Gasteiger partial charge on any atom is 0.323 e. The second-order valence-corrected chi connectivity index (χ2v) is 7.34. The van der Waals surface area contributed by atoms with E-state index in [-0.39, 0.29) is 42.0 Å². The number of unbranched alkanes of at least 4 members (excludes halogenated alkanes) is 14. The Morgan fingerprint density at radius 3 is 1.38 bits per heavy atom. The Bertz CT molecular complexity index is 337. The molecule has 5 heteroatoms. The first-order valence-corrected chi connectivity index (χ1v) is 10.5. The number of carbonyl (C=O) groups is 2. The van der Waals surface area contributed by atoms with E-state index in [1.165, 1.54) is 88.4 Å². The van der Waals surface area contributed by atoms with Crippen molar-refractivity contribution in [3.63, 3.8) is 0 Å². The minimum atomic E-state index is -0.952. The molecule has 1 radical (unpaired) electrons. The summed E-state index contributed by atoms with van der Waals surface area (Å²) in [5, 5.41) is 8.64. The molecule has 0 aliphatic rings. The Labute approximate surface area is 183 Å². The molecule has 149 valence electrons. The Kier molecular flexibility index (Phi) is 23.0. The van der Waals surface area contributed by atoms with Gasteiger partial charge in [0.25, 0.3) is 0 Å². The van der Waals surface area contributed by atoms with Gasteiger partial charge in [0.15, 0.2) is 0 Å². The zero-order chi connectivity index (χ0) is 18.8. The molecule has 4 nitrogen and oxygen atoms in total. The molecule has 0 fully saturated rings. The molecule has 0 atom stereocenters. The maximum atomic E-state index is 11.7. The monoisotopic (exact) mass is 378 g/mol. The van der Waals surface area contributed by atoms with Gasteiger partial charge in [-0.1, -0.05) is 96.8 Å². The summed E-state index contributed by atoms with van der Waals surface area (Å²) in [6.07, 6.45) is 20.1. The largest absolute Gasteiger partial charge is 0.480 e. The summed E-state index contributed by atoms with van der Waals surface area (Å²) in [6.45, 7) is 2.07. The molecule has 0 aromatic carbocycles. The normalized spacial score (nSPS) is 10.4. The molecule has 0 saturated heterocycles. The Balaban J connectivity index is 0. The number of hydrogen-bond acceptors (Lipinski definition) is 2. The maximum absolute atomic E-state index is 11.7. The minimum absolute atomic E-state index is 0. The molecule has 0 saturated carbocycles. The van der Waals surface area contributed by atoms with Crippen LogP contribution in [0.1, 0.15) is 110 Å². The number of aliphatic carboxylic acids is 1. The van der Waals surface area contributed by atoms with Crippen molar-refractivity contribution in [2.75, 3.05) is 13.6 Å². The van der Waals surface area contributed by atoms with Gasteiger partial charge in [-0.15, -0.1) is 0 Å². The summed E-state index contributed by atoms with van der Waals surface area (Å²) in [5.74, 6) is -1.01. The van der Waals surface area contributed by atoms with Crippen molar-refractivity contribution in [2.24, 2.45) is 0 Å². The van der Waals surface area contributed by atoms with Gasteiger partial charge in [0.1, 0.15) is 6.54 Å². The number of amides is 1. The second-order valence-electron chi connectivity index (χ2n) is 7.34. The van der Waals surface area contributed by atoms with Crippen LogP contribution in [0.2, 0.25) is 0 Å². The first kappa shape index (κ1) is 28.2. The van der Waals surface area contributed by atoms with E-state index in [0.717, 1.165) is 12.8 Å². The third-order valence-electron chi connectivity index (χ3n) is 4.79. The van der Waals surface area contributed by atoms with Gasteiger partial charge < -0.3 is 10.0 Å². The van der Waals surface area contributed by atoms with Gasteiger partial charge in [-0.25, -0.2) is 0 Å². The smallest absolute Gasteiger partial charge is 0.323 e. The van der Waals surface area contributed by atoms with Crippen LogP contribution in [0.4, 0.5) is 0 Å². The average Bonchev–Trinajstić information content (AvgIpc) is 2.57. The third kappa shape index (κ3) is 20.3.